The summed E-state index contributed by atoms with van der Waals surface area (Å²) < 4.78 is 5.93. The third-order valence-electron chi connectivity index (χ3n) is 5.15. The first-order valence-corrected chi connectivity index (χ1v) is 10.2. The number of furan rings is 1. The van der Waals surface area contributed by atoms with Crippen molar-refractivity contribution in [3.05, 3.63) is 74.5 Å². The molecular formula is C22H23ClN4O3. The van der Waals surface area contributed by atoms with Gasteiger partial charge < -0.3 is 4.42 Å². The van der Waals surface area contributed by atoms with Gasteiger partial charge in [-0.25, -0.2) is 9.97 Å². The van der Waals surface area contributed by atoms with Gasteiger partial charge in [0, 0.05) is 53.5 Å². The second-order valence-corrected chi connectivity index (χ2v) is 9.00. The van der Waals surface area contributed by atoms with Crippen LogP contribution in [0.15, 0.2) is 40.9 Å². The van der Waals surface area contributed by atoms with E-state index in [1.165, 1.54) is 6.07 Å². The van der Waals surface area contributed by atoms with Gasteiger partial charge in [-0.2, -0.15) is 0 Å². The zero-order chi connectivity index (χ0) is 21.5. The highest BCUT2D eigenvalue weighted by Crippen LogP contribution is 2.34. The summed E-state index contributed by atoms with van der Waals surface area (Å²) in [6, 6.07) is 8.21. The molecule has 30 heavy (non-hydrogen) atoms. The Balaban J connectivity index is 1.50. The lowest BCUT2D eigenvalue weighted by atomic mass is 9.95. The van der Waals surface area contributed by atoms with Crippen molar-refractivity contribution in [2.75, 3.05) is 6.54 Å². The predicted octanol–water partition coefficient (Wildman–Crippen LogP) is 5.15. The lowest BCUT2D eigenvalue weighted by Gasteiger charge is -2.28. The molecule has 1 aromatic carbocycles. The maximum Gasteiger partial charge on any atom is 0.281 e. The van der Waals surface area contributed by atoms with E-state index in [1.807, 2.05) is 12.3 Å². The van der Waals surface area contributed by atoms with Gasteiger partial charge in [-0.15, -0.1) is 0 Å². The zero-order valence-electron chi connectivity index (χ0n) is 17.2. The van der Waals surface area contributed by atoms with Gasteiger partial charge >= 0.3 is 0 Å². The zero-order valence-corrected chi connectivity index (χ0v) is 17.9. The van der Waals surface area contributed by atoms with Crippen molar-refractivity contribution in [2.45, 2.75) is 45.7 Å². The fourth-order valence-corrected chi connectivity index (χ4v) is 3.73. The summed E-state index contributed by atoms with van der Waals surface area (Å²) in [6.07, 6.45) is 2.79. The minimum absolute atomic E-state index is 0.0675. The van der Waals surface area contributed by atoms with Crippen LogP contribution in [0.25, 0.3) is 11.3 Å². The van der Waals surface area contributed by atoms with Crippen LogP contribution in [-0.2, 0) is 24.9 Å². The van der Waals surface area contributed by atoms with Crippen molar-refractivity contribution in [3.8, 4) is 11.3 Å². The van der Waals surface area contributed by atoms with Gasteiger partial charge in [0.25, 0.3) is 5.69 Å². The van der Waals surface area contributed by atoms with Crippen LogP contribution < -0.4 is 0 Å². The van der Waals surface area contributed by atoms with E-state index >= 15 is 0 Å². The van der Waals surface area contributed by atoms with Crippen molar-refractivity contribution < 1.29 is 9.34 Å². The highest BCUT2D eigenvalue weighted by atomic mass is 35.5. The molecule has 4 rings (SSSR count). The van der Waals surface area contributed by atoms with E-state index in [1.54, 1.807) is 18.2 Å². The second-order valence-electron chi connectivity index (χ2n) is 8.56. The standard InChI is InChI=1S/C22H23ClN4O3/c1-22(2,3)21-24-11-14-12-26(9-8-18(14)25-21)13-16-5-7-20(30-16)17-6-4-15(23)10-19(17)27(28)29/h4-7,10-11H,8-9,12-13H2,1-3H3. The molecule has 0 radical (unpaired) electrons. The van der Waals surface area contributed by atoms with E-state index < -0.39 is 4.92 Å². The molecule has 0 amide bonds. The number of fused-ring (bicyclic) bond motifs is 1. The molecule has 0 unspecified atom stereocenters. The minimum Gasteiger partial charge on any atom is -0.459 e. The summed E-state index contributed by atoms with van der Waals surface area (Å²) in [4.78, 5) is 22.5. The molecule has 0 saturated carbocycles. The Morgan fingerprint density at radius 2 is 2.07 bits per heavy atom. The first-order chi connectivity index (χ1) is 14.2. The van der Waals surface area contributed by atoms with Gasteiger partial charge in [0.2, 0.25) is 0 Å². The molecular weight excluding hydrogens is 404 g/mol. The molecule has 2 aromatic heterocycles. The molecule has 0 fully saturated rings. The van der Waals surface area contributed by atoms with E-state index in [0.29, 0.717) is 22.9 Å². The lowest BCUT2D eigenvalue weighted by Crippen LogP contribution is -2.31. The molecule has 3 aromatic rings. The topological polar surface area (TPSA) is 85.3 Å². The van der Waals surface area contributed by atoms with Gasteiger partial charge in [0.1, 0.15) is 17.3 Å². The molecule has 0 atom stereocenters. The molecule has 0 saturated heterocycles. The third-order valence-corrected chi connectivity index (χ3v) is 5.38. The van der Waals surface area contributed by atoms with Gasteiger partial charge in [0.15, 0.2) is 0 Å². The quantitative estimate of drug-likeness (QED) is 0.423. The molecule has 1 aliphatic rings. The maximum absolute atomic E-state index is 11.4. The molecule has 8 heteroatoms. The number of aromatic nitrogens is 2. The normalized spacial score (nSPS) is 14.5. The number of hydrogen-bond donors (Lipinski definition) is 0. The lowest BCUT2D eigenvalue weighted by molar-refractivity contribution is -0.384. The Kier molecular flexibility index (Phi) is 5.34. The van der Waals surface area contributed by atoms with Crippen LogP contribution in [0.3, 0.4) is 0 Å². The minimum atomic E-state index is -0.448. The van der Waals surface area contributed by atoms with Crippen LogP contribution in [0.1, 0.15) is 43.6 Å². The fraction of sp³-hybridized carbons (Fsp3) is 0.364. The molecule has 156 valence electrons. The highest BCUT2D eigenvalue weighted by molar-refractivity contribution is 6.30. The summed E-state index contributed by atoms with van der Waals surface area (Å²) in [6.45, 7) is 8.57. The summed E-state index contributed by atoms with van der Waals surface area (Å²) in [5, 5.41) is 11.7. The van der Waals surface area contributed by atoms with Gasteiger partial charge in [-0.05, 0) is 24.3 Å². The van der Waals surface area contributed by atoms with Crippen LogP contribution in [0.4, 0.5) is 5.69 Å². The molecule has 0 N–H and O–H groups in total. The average Bonchev–Trinajstić information content (AvgIpc) is 3.15. The summed E-state index contributed by atoms with van der Waals surface area (Å²) >= 11 is 5.91. The smallest absolute Gasteiger partial charge is 0.281 e. The van der Waals surface area contributed by atoms with Crippen molar-refractivity contribution >= 4 is 17.3 Å². The Labute approximate surface area is 179 Å². The largest absolute Gasteiger partial charge is 0.459 e. The third kappa shape index (κ3) is 4.22. The molecule has 3 heterocycles. The highest BCUT2D eigenvalue weighted by Gasteiger charge is 2.24. The first-order valence-electron chi connectivity index (χ1n) is 9.81. The van der Waals surface area contributed by atoms with E-state index in [9.17, 15) is 10.1 Å². The number of halogens is 1. The molecule has 0 aliphatic carbocycles. The van der Waals surface area contributed by atoms with Gasteiger partial charge in [-0.1, -0.05) is 32.4 Å². The van der Waals surface area contributed by atoms with Crippen molar-refractivity contribution in [3.63, 3.8) is 0 Å². The van der Waals surface area contributed by atoms with Crippen molar-refractivity contribution in [1.29, 1.82) is 0 Å². The Morgan fingerprint density at radius 1 is 1.27 bits per heavy atom. The number of rotatable bonds is 4. The molecule has 7 nitrogen and oxygen atoms in total. The van der Waals surface area contributed by atoms with Crippen LogP contribution in [0, 0.1) is 10.1 Å². The van der Waals surface area contributed by atoms with Crippen LogP contribution in [0.5, 0.6) is 0 Å². The summed E-state index contributed by atoms with van der Waals surface area (Å²) in [5.41, 5.74) is 2.53. The monoisotopic (exact) mass is 426 g/mol. The molecule has 0 bridgehead atoms. The van der Waals surface area contributed by atoms with E-state index in [-0.39, 0.29) is 11.1 Å². The number of nitrogens with zero attached hydrogens (tertiary/aromatic N) is 4. The predicted molar refractivity (Wildman–Crippen MR) is 114 cm³/mol. The SMILES string of the molecule is CC(C)(C)c1ncc2c(n1)CCN(Cc1ccc(-c3ccc(Cl)cc3[N+](=O)[O-])o1)C2. The summed E-state index contributed by atoms with van der Waals surface area (Å²) in [7, 11) is 0. The van der Waals surface area contributed by atoms with E-state index in [2.05, 4.69) is 30.7 Å². The number of hydrogen-bond acceptors (Lipinski definition) is 6. The van der Waals surface area contributed by atoms with Crippen LogP contribution >= 0.6 is 11.6 Å². The van der Waals surface area contributed by atoms with E-state index in [0.717, 1.165) is 42.4 Å². The molecule has 1 aliphatic heterocycles. The fourth-order valence-electron chi connectivity index (χ4n) is 3.56. The Hall–Kier alpha value is -2.77. The average molecular weight is 427 g/mol. The van der Waals surface area contributed by atoms with Crippen LogP contribution in [0.2, 0.25) is 5.02 Å². The van der Waals surface area contributed by atoms with Crippen molar-refractivity contribution in [2.24, 2.45) is 0 Å². The van der Waals surface area contributed by atoms with Gasteiger partial charge in [0.05, 0.1) is 17.0 Å². The molecule has 0 spiro atoms. The van der Waals surface area contributed by atoms with Crippen LogP contribution in [-0.4, -0.2) is 26.3 Å². The first kappa shape index (κ1) is 20.5. The van der Waals surface area contributed by atoms with Crippen molar-refractivity contribution in [1.82, 2.24) is 14.9 Å². The Bertz CT molecular complexity index is 1100. The number of benzene rings is 1. The number of nitro benzene ring substituents is 1. The Morgan fingerprint density at radius 3 is 2.80 bits per heavy atom. The summed E-state index contributed by atoms with van der Waals surface area (Å²) in [5.74, 6) is 2.09. The van der Waals surface area contributed by atoms with Gasteiger partial charge in [-0.3, -0.25) is 15.0 Å². The van der Waals surface area contributed by atoms with E-state index in [4.69, 9.17) is 21.0 Å². The maximum atomic E-state index is 11.4. The second kappa shape index (κ2) is 7.81. The number of nitro groups is 1.